The van der Waals surface area contributed by atoms with Gasteiger partial charge in [0.25, 0.3) is 0 Å². The third-order valence-electron chi connectivity index (χ3n) is 2.66. The monoisotopic (exact) mass is 269 g/mol. The summed E-state index contributed by atoms with van der Waals surface area (Å²) in [6.45, 7) is 4.87. The second kappa shape index (κ2) is 5.40. The Morgan fingerprint density at radius 3 is 2.56 bits per heavy atom. The number of aryl methyl sites for hydroxylation is 1. The molecule has 0 unspecified atom stereocenters. The highest BCUT2D eigenvalue weighted by molar-refractivity contribution is 6.31. The van der Waals surface area contributed by atoms with Crippen LogP contribution in [-0.2, 0) is 9.59 Å². The molecular weight excluding hydrogens is 254 g/mol. The van der Waals surface area contributed by atoms with E-state index in [-0.39, 0.29) is 12.3 Å². The summed E-state index contributed by atoms with van der Waals surface area (Å²) in [6.07, 6.45) is -0.0890. The molecule has 4 nitrogen and oxygen atoms in total. The van der Waals surface area contributed by atoms with Crippen molar-refractivity contribution in [2.75, 3.05) is 5.32 Å². The summed E-state index contributed by atoms with van der Waals surface area (Å²) in [4.78, 5) is 22.7. The van der Waals surface area contributed by atoms with Crippen molar-refractivity contribution in [3.8, 4) is 0 Å². The summed E-state index contributed by atoms with van der Waals surface area (Å²) >= 11 is 5.84. The number of carboxylic acids is 1. The maximum atomic E-state index is 11.8. The van der Waals surface area contributed by atoms with E-state index in [2.05, 4.69) is 5.32 Å². The minimum Gasteiger partial charge on any atom is -0.481 e. The van der Waals surface area contributed by atoms with Gasteiger partial charge in [0, 0.05) is 17.1 Å². The lowest BCUT2D eigenvalue weighted by Crippen LogP contribution is -2.29. The fraction of sp³-hybridized carbons (Fsp3) is 0.385. The van der Waals surface area contributed by atoms with Crippen LogP contribution in [0.15, 0.2) is 18.2 Å². The molecule has 0 heterocycles. The first kappa shape index (κ1) is 14.5. The molecule has 1 rings (SSSR count). The molecule has 0 bridgehead atoms. The number of carbonyl (C=O) groups is 2. The maximum Gasteiger partial charge on any atom is 0.309 e. The van der Waals surface area contributed by atoms with Crippen LogP contribution in [0.25, 0.3) is 0 Å². The second-order valence-corrected chi connectivity index (χ2v) is 5.31. The standard InChI is InChI=1S/C13H16ClNO3/c1-8-4-5-9(14)6-10(8)15-11(16)7-13(2,3)12(17)18/h4-6H,7H2,1-3H3,(H,15,16)(H,17,18). The molecule has 1 amide bonds. The van der Waals surface area contributed by atoms with Gasteiger partial charge in [-0.05, 0) is 38.5 Å². The van der Waals surface area contributed by atoms with Gasteiger partial charge in [0.1, 0.15) is 0 Å². The summed E-state index contributed by atoms with van der Waals surface area (Å²) in [5.74, 6) is -1.34. The van der Waals surface area contributed by atoms with Crippen molar-refractivity contribution in [1.82, 2.24) is 0 Å². The summed E-state index contributed by atoms with van der Waals surface area (Å²) in [6, 6.07) is 5.16. The van der Waals surface area contributed by atoms with E-state index in [0.29, 0.717) is 10.7 Å². The molecule has 1 aromatic carbocycles. The second-order valence-electron chi connectivity index (χ2n) is 4.87. The lowest BCUT2D eigenvalue weighted by atomic mass is 9.89. The van der Waals surface area contributed by atoms with Crippen LogP contribution in [0.2, 0.25) is 5.02 Å². The number of nitrogens with one attached hydrogen (secondary N) is 1. The zero-order valence-electron chi connectivity index (χ0n) is 10.6. The highest BCUT2D eigenvalue weighted by Gasteiger charge is 2.30. The molecule has 0 atom stereocenters. The van der Waals surface area contributed by atoms with Crippen molar-refractivity contribution < 1.29 is 14.7 Å². The molecule has 0 radical (unpaired) electrons. The molecule has 0 fully saturated rings. The van der Waals surface area contributed by atoms with E-state index in [1.54, 1.807) is 18.2 Å². The highest BCUT2D eigenvalue weighted by atomic mass is 35.5. The Hall–Kier alpha value is -1.55. The van der Waals surface area contributed by atoms with E-state index in [9.17, 15) is 9.59 Å². The van der Waals surface area contributed by atoms with E-state index in [1.165, 1.54) is 13.8 Å². The predicted octanol–water partition coefficient (Wildman–Crippen LogP) is 3.09. The largest absolute Gasteiger partial charge is 0.481 e. The number of amides is 1. The minimum atomic E-state index is -1.09. The third kappa shape index (κ3) is 3.74. The number of carboxylic acid groups (broad SMARTS) is 1. The number of hydrogen-bond donors (Lipinski definition) is 2. The van der Waals surface area contributed by atoms with Gasteiger partial charge in [0.15, 0.2) is 0 Å². The molecule has 5 heteroatoms. The van der Waals surface area contributed by atoms with Gasteiger partial charge < -0.3 is 10.4 Å². The molecule has 18 heavy (non-hydrogen) atoms. The molecule has 0 aliphatic heterocycles. The average Bonchev–Trinajstić information content (AvgIpc) is 2.22. The summed E-state index contributed by atoms with van der Waals surface area (Å²) in [5.41, 5.74) is 0.394. The molecule has 0 saturated heterocycles. The van der Waals surface area contributed by atoms with Crippen molar-refractivity contribution in [3.05, 3.63) is 28.8 Å². The van der Waals surface area contributed by atoms with Gasteiger partial charge in [0.05, 0.1) is 5.41 Å². The molecule has 0 saturated carbocycles. The lowest BCUT2D eigenvalue weighted by Gasteiger charge is -2.18. The summed E-state index contributed by atoms with van der Waals surface area (Å²) in [5, 5.41) is 12.2. The number of anilines is 1. The van der Waals surface area contributed by atoms with Crippen LogP contribution in [0, 0.1) is 12.3 Å². The van der Waals surface area contributed by atoms with Crippen molar-refractivity contribution in [3.63, 3.8) is 0 Å². The smallest absolute Gasteiger partial charge is 0.309 e. The van der Waals surface area contributed by atoms with Crippen LogP contribution < -0.4 is 5.32 Å². The average molecular weight is 270 g/mol. The minimum absolute atomic E-state index is 0.0890. The van der Waals surface area contributed by atoms with E-state index >= 15 is 0 Å². The van der Waals surface area contributed by atoms with E-state index in [1.807, 2.05) is 6.92 Å². The van der Waals surface area contributed by atoms with Crippen LogP contribution in [0.5, 0.6) is 0 Å². The molecule has 0 aliphatic carbocycles. The normalized spacial score (nSPS) is 11.1. The van der Waals surface area contributed by atoms with Crippen molar-refractivity contribution in [1.29, 1.82) is 0 Å². The Kier molecular flexibility index (Phi) is 4.35. The van der Waals surface area contributed by atoms with E-state index in [4.69, 9.17) is 16.7 Å². The molecule has 98 valence electrons. The Balaban J connectivity index is 2.77. The van der Waals surface area contributed by atoms with Crippen LogP contribution in [0.4, 0.5) is 5.69 Å². The maximum absolute atomic E-state index is 11.8. The molecule has 0 aromatic heterocycles. The number of benzene rings is 1. The molecule has 0 aliphatic rings. The first-order chi connectivity index (χ1) is 8.22. The van der Waals surface area contributed by atoms with Crippen molar-refractivity contribution in [2.24, 2.45) is 5.41 Å². The van der Waals surface area contributed by atoms with Crippen LogP contribution in [-0.4, -0.2) is 17.0 Å². The van der Waals surface area contributed by atoms with E-state index < -0.39 is 11.4 Å². The number of carbonyl (C=O) groups excluding carboxylic acids is 1. The highest BCUT2D eigenvalue weighted by Crippen LogP contribution is 2.24. The zero-order chi connectivity index (χ0) is 13.9. The Bertz CT molecular complexity index is 483. The van der Waals surface area contributed by atoms with Gasteiger partial charge in [-0.3, -0.25) is 9.59 Å². The lowest BCUT2D eigenvalue weighted by molar-refractivity contribution is -0.148. The molecule has 0 spiro atoms. The summed E-state index contributed by atoms with van der Waals surface area (Å²) < 4.78 is 0. The van der Waals surface area contributed by atoms with Gasteiger partial charge in [-0.15, -0.1) is 0 Å². The van der Waals surface area contributed by atoms with Crippen LogP contribution >= 0.6 is 11.6 Å². The molecular formula is C13H16ClNO3. The van der Waals surface area contributed by atoms with Crippen molar-refractivity contribution in [2.45, 2.75) is 27.2 Å². The number of rotatable bonds is 4. The van der Waals surface area contributed by atoms with Crippen molar-refractivity contribution >= 4 is 29.2 Å². The van der Waals surface area contributed by atoms with E-state index in [0.717, 1.165) is 5.56 Å². The van der Waals surface area contributed by atoms with Gasteiger partial charge in [-0.1, -0.05) is 17.7 Å². The van der Waals surface area contributed by atoms with Gasteiger partial charge in [-0.2, -0.15) is 0 Å². The van der Waals surface area contributed by atoms with Crippen LogP contribution in [0.3, 0.4) is 0 Å². The van der Waals surface area contributed by atoms with Gasteiger partial charge >= 0.3 is 5.97 Å². The number of aliphatic carboxylic acids is 1. The SMILES string of the molecule is Cc1ccc(Cl)cc1NC(=O)CC(C)(C)C(=O)O. The van der Waals surface area contributed by atoms with Gasteiger partial charge in [0.2, 0.25) is 5.91 Å². The number of hydrogen-bond acceptors (Lipinski definition) is 2. The summed E-state index contributed by atoms with van der Waals surface area (Å²) in [7, 11) is 0. The fourth-order valence-electron chi connectivity index (χ4n) is 1.40. The van der Waals surface area contributed by atoms with Gasteiger partial charge in [-0.25, -0.2) is 0 Å². The zero-order valence-corrected chi connectivity index (χ0v) is 11.3. The third-order valence-corrected chi connectivity index (χ3v) is 2.89. The predicted molar refractivity (Wildman–Crippen MR) is 70.9 cm³/mol. The first-order valence-electron chi connectivity index (χ1n) is 5.52. The fourth-order valence-corrected chi connectivity index (χ4v) is 1.57. The van der Waals surface area contributed by atoms with Crippen LogP contribution in [0.1, 0.15) is 25.8 Å². The first-order valence-corrected chi connectivity index (χ1v) is 5.89. The Morgan fingerprint density at radius 1 is 1.39 bits per heavy atom. The Labute approximate surface area is 111 Å². The number of halogens is 1. The topological polar surface area (TPSA) is 66.4 Å². The quantitative estimate of drug-likeness (QED) is 0.883. The molecule has 2 N–H and O–H groups in total. The Morgan fingerprint density at radius 2 is 2.00 bits per heavy atom. The molecule has 1 aromatic rings.